The maximum Gasteiger partial charge on any atom is 0.129 e. The van der Waals surface area contributed by atoms with Crippen LogP contribution in [0, 0.1) is 0 Å². The fourth-order valence-corrected chi connectivity index (χ4v) is 3.35. The first kappa shape index (κ1) is 11.9. The van der Waals surface area contributed by atoms with E-state index in [1.54, 1.807) is 41.7 Å². The van der Waals surface area contributed by atoms with Crippen molar-refractivity contribution >= 4 is 44.9 Å². The molecule has 0 saturated carbocycles. The smallest absolute Gasteiger partial charge is 0.129 e. The predicted molar refractivity (Wildman–Crippen MR) is 76.2 cm³/mol. The van der Waals surface area contributed by atoms with E-state index >= 15 is 0 Å². The minimum atomic E-state index is 0.519. The molecule has 0 aromatic carbocycles. The van der Waals surface area contributed by atoms with E-state index in [-0.39, 0.29) is 0 Å². The van der Waals surface area contributed by atoms with Gasteiger partial charge in [-0.3, -0.25) is 0 Å². The molecule has 0 saturated heterocycles. The highest BCUT2D eigenvalue weighted by atomic mass is 35.5. The lowest BCUT2D eigenvalue weighted by atomic mass is 10.3. The molecule has 18 heavy (non-hydrogen) atoms. The number of fused-ring (bicyclic) bond motifs is 1. The molecule has 0 aliphatic rings. The van der Waals surface area contributed by atoms with Crippen LogP contribution in [0.5, 0.6) is 0 Å². The van der Waals surface area contributed by atoms with Crippen molar-refractivity contribution in [2.24, 2.45) is 0 Å². The maximum atomic E-state index is 5.76. The van der Waals surface area contributed by atoms with Gasteiger partial charge in [-0.05, 0) is 23.1 Å². The van der Waals surface area contributed by atoms with Crippen LogP contribution in [0.4, 0.5) is 0 Å². The second kappa shape index (κ2) is 5.22. The summed E-state index contributed by atoms with van der Waals surface area (Å²) in [5, 5.41) is 4.68. The van der Waals surface area contributed by atoms with E-state index in [9.17, 15) is 0 Å². The average molecular weight is 294 g/mol. The third kappa shape index (κ3) is 2.48. The quantitative estimate of drug-likeness (QED) is 0.415. The van der Waals surface area contributed by atoms with Crippen LogP contribution < -0.4 is 0 Å². The Morgan fingerprint density at radius 1 is 1.17 bits per heavy atom. The van der Waals surface area contributed by atoms with E-state index in [0.717, 1.165) is 26.6 Å². The van der Waals surface area contributed by atoms with Crippen LogP contribution >= 0.6 is 34.7 Å². The summed E-state index contributed by atoms with van der Waals surface area (Å²) in [4.78, 5) is 13.7. The third-order valence-corrected chi connectivity index (χ3v) is 4.51. The van der Waals surface area contributed by atoms with Gasteiger partial charge < -0.3 is 0 Å². The Balaban J connectivity index is 1.80. The van der Waals surface area contributed by atoms with E-state index in [2.05, 4.69) is 21.0 Å². The van der Waals surface area contributed by atoms with Gasteiger partial charge in [0.25, 0.3) is 0 Å². The largest absolute Gasteiger partial charge is 0.244 e. The number of pyridine rings is 1. The summed E-state index contributed by atoms with van der Waals surface area (Å²) >= 11 is 9.07. The van der Waals surface area contributed by atoms with Crippen molar-refractivity contribution in [2.45, 2.75) is 10.8 Å². The van der Waals surface area contributed by atoms with E-state index in [1.807, 2.05) is 11.4 Å². The second-order valence-electron chi connectivity index (χ2n) is 3.60. The number of halogens is 1. The third-order valence-electron chi connectivity index (χ3n) is 2.39. The van der Waals surface area contributed by atoms with Crippen molar-refractivity contribution in [3.05, 3.63) is 46.8 Å². The lowest BCUT2D eigenvalue weighted by Crippen LogP contribution is -1.86. The maximum absolute atomic E-state index is 5.76. The molecule has 3 aromatic heterocycles. The van der Waals surface area contributed by atoms with Gasteiger partial charge in [-0.2, -0.15) is 0 Å². The van der Waals surface area contributed by atoms with Crippen molar-refractivity contribution in [3.8, 4) is 0 Å². The highest BCUT2D eigenvalue weighted by molar-refractivity contribution is 7.98. The highest BCUT2D eigenvalue weighted by Gasteiger charge is 2.05. The molecule has 6 heteroatoms. The summed E-state index contributed by atoms with van der Waals surface area (Å²) in [7, 11) is 0. The Morgan fingerprint density at radius 3 is 2.94 bits per heavy atom. The standard InChI is InChI=1S/C12H8ClN3S2/c13-10-2-1-8(5-14-10)6-18-12-9-3-4-17-11(9)15-7-16-12/h1-5,7H,6H2. The summed E-state index contributed by atoms with van der Waals surface area (Å²) < 4.78 is 0. The fraction of sp³-hybridized carbons (Fsp3) is 0.0833. The van der Waals surface area contributed by atoms with Crippen LogP contribution in [0.3, 0.4) is 0 Å². The summed E-state index contributed by atoms with van der Waals surface area (Å²) in [5.74, 6) is 0.826. The molecular formula is C12H8ClN3S2. The van der Waals surface area contributed by atoms with Crippen molar-refractivity contribution in [1.29, 1.82) is 0 Å². The molecule has 3 nitrogen and oxygen atoms in total. The van der Waals surface area contributed by atoms with Crippen LogP contribution in [0.25, 0.3) is 10.2 Å². The van der Waals surface area contributed by atoms with Crippen molar-refractivity contribution in [1.82, 2.24) is 15.0 Å². The van der Waals surface area contributed by atoms with E-state index in [4.69, 9.17) is 11.6 Å². The number of hydrogen-bond acceptors (Lipinski definition) is 5. The first-order valence-electron chi connectivity index (χ1n) is 5.24. The average Bonchev–Trinajstić information content (AvgIpc) is 2.87. The zero-order valence-corrected chi connectivity index (χ0v) is 11.6. The van der Waals surface area contributed by atoms with Crippen LogP contribution in [-0.4, -0.2) is 15.0 Å². The first-order valence-corrected chi connectivity index (χ1v) is 7.49. The number of thioether (sulfide) groups is 1. The highest BCUT2D eigenvalue weighted by Crippen LogP contribution is 2.29. The molecule has 0 amide bonds. The van der Waals surface area contributed by atoms with Gasteiger partial charge in [0.1, 0.15) is 21.3 Å². The topological polar surface area (TPSA) is 38.7 Å². The molecule has 0 unspecified atom stereocenters. The minimum absolute atomic E-state index is 0.519. The number of rotatable bonds is 3. The van der Waals surface area contributed by atoms with E-state index < -0.39 is 0 Å². The Bertz CT molecular complexity index is 666. The Labute approximate surface area is 117 Å². The molecule has 90 valence electrons. The van der Waals surface area contributed by atoms with Gasteiger partial charge in [-0.25, -0.2) is 15.0 Å². The first-order chi connectivity index (χ1) is 8.83. The SMILES string of the molecule is Clc1ccc(CSc2ncnc3sccc23)cn1. The van der Waals surface area contributed by atoms with Crippen LogP contribution in [0.2, 0.25) is 5.15 Å². The minimum Gasteiger partial charge on any atom is -0.244 e. The van der Waals surface area contributed by atoms with Crippen LogP contribution in [-0.2, 0) is 5.75 Å². The molecule has 0 fully saturated rings. The molecule has 0 bridgehead atoms. The van der Waals surface area contributed by atoms with Gasteiger partial charge in [-0.15, -0.1) is 23.1 Å². The van der Waals surface area contributed by atoms with Gasteiger partial charge >= 0.3 is 0 Å². The Morgan fingerprint density at radius 2 is 2.11 bits per heavy atom. The number of nitrogens with zero attached hydrogens (tertiary/aromatic N) is 3. The van der Waals surface area contributed by atoms with Crippen molar-refractivity contribution in [2.75, 3.05) is 0 Å². The Hall–Kier alpha value is -1.17. The molecule has 3 aromatic rings. The Kier molecular flexibility index (Phi) is 3.45. The molecule has 0 spiro atoms. The van der Waals surface area contributed by atoms with Crippen LogP contribution in [0.15, 0.2) is 41.1 Å². The second-order valence-corrected chi connectivity index (χ2v) is 5.84. The summed E-state index contributed by atoms with van der Waals surface area (Å²) in [6.07, 6.45) is 3.41. The molecule has 0 radical (unpaired) electrons. The number of aromatic nitrogens is 3. The number of hydrogen-bond donors (Lipinski definition) is 0. The summed E-state index contributed by atoms with van der Waals surface area (Å²) in [6, 6.07) is 5.84. The van der Waals surface area contributed by atoms with Crippen LogP contribution in [0.1, 0.15) is 5.56 Å². The normalized spacial score (nSPS) is 10.9. The molecule has 3 heterocycles. The van der Waals surface area contributed by atoms with Crippen molar-refractivity contribution in [3.63, 3.8) is 0 Å². The van der Waals surface area contributed by atoms with E-state index in [0.29, 0.717) is 5.15 Å². The van der Waals surface area contributed by atoms with Gasteiger partial charge in [0.2, 0.25) is 0 Å². The summed E-state index contributed by atoms with van der Waals surface area (Å²) in [6.45, 7) is 0. The lowest BCUT2D eigenvalue weighted by molar-refractivity contribution is 1.11. The zero-order chi connectivity index (χ0) is 12.4. The van der Waals surface area contributed by atoms with Gasteiger partial charge in [-0.1, -0.05) is 17.7 Å². The molecule has 0 aliphatic heterocycles. The van der Waals surface area contributed by atoms with Gasteiger partial charge in [0, 0.05) is 17.3 Å². The molecule has 0 aliphatic carbocycles. The monoisotopic (exact) mass is 293 g/mol. The molecule has 0 N–H and O–H groups in total. The molecular weight excluding hydrogens is 286 g/mol. The van der Waals surface area contributed by atoms with Gasteiger partial charge in [0.05, 0.1) is 0 Å². The van der Waals surface area contributed by atoms with Crippen molar-refractivity contribution < 1.29 is 0 Å². The molecule has 0 atom stereocenters. The summed E-state index contributed by atoms with van der Waals surface area (Å²) in [5.41, 5.74) is 1.13. The lowest BCUT2D eigenvalue weighted by Gasteiger charge is -2.02. The molecule has 3 rings (SSSR count). The predicted octanol–water partition coefficient (Wildman–Crippen LogP) is 4.03. The number of thiophene rings is 1. The van der Waals surface area contributed by atoms with E-state index in [1.165, 1.54) is 0 Å². The zero-order valence-electron chi connectivity index (χ0n) is 9.21. The van der Waals surface area contributed by atoms with Gasteiger partial charge in [0.15, 0.2) is 0 Å². The fourth-order valence-electron chi connectivity index (χ4n) is 1.53.